The number of hydrogen-bond acceptors (Lipinski definition) is 3. The van der Waals surface area contributed by atoms with E-state index in [1.165, 1.54) is 0 Å². The normalized spacial score (nSPS) is 15.9. The maximum Gasteiger partial charge on any atom is 0.143 e. The minimum absolute atomic E-state index is 0.229. The summed E-state index contributed by atoms with van der Waals surface area (Å²) >= 11 is 0. The Morgan fingerprint density at radius 3 is 2.44 bits per heavy atom. The largest absolute Gasteiger partial charge is 0.490 e. The molecule has 0 unspecified atom stereocenters. The van der Waals surface area contributed by atoms with Gasteiger partial charge in [0.25, 0.3) is 0 Å². The van der Waals surface area contributed by atoms with Crippen molar-refractivity contribution in [2.45, 2.75) is 45.3 Å². The number of anilines is 1. The van der Waals surface area contributed by atoms with Crippen LogP contribution in [0.25, 0.3) is 0 Å². The maximum absolute atomic E-state index is 5.92. The fourth-order valence-corrected chi connectivity index (χ4v) is 1.40. The number of nitrogen functional groups attached to an aromatic ring is 1. The van der Waals surface area contributed by atoms with E-state index in [1.54, 1.807) is 0 Å². The highest BCUT2D eigenvalue weighted by Crippen LogP contribution is 2.32. The van der Waals surface area contributed by atoms with Crippen molar-refractivity contribution in [3.8, 4) is 11.5 Å². The lowest BCUT2D eigenvalue weighted by molar-refractivity contribution is 0.132. The van der Waals surface area contributed by atoms with Crippen LogP contribution >= 0.6 is 0 Å². The molecule has 0 bridgehead atoms. The minimum atomic E-state index is -0.229. The first kappa shape index (κ1) is 11.1. The summed E-state index contributed by atoms with van der Waals surface area (Å²) < 4.78 is 11.4. The molecule has 1 aromatic rings. The first-order valence-electron chi connectivity index (χ1n) is 5.69. The van der Waals surface area contributed by atoms with Crippen molar-refractivity contribution in [2.75, 3.05) is 5.73 Å². The topological polar surface area (TPSA) is 44.5 Å². The zero-order valence-electron chi connectivity index (χ0n) is 10.1. The van der Waals surface area contributed by atoms with E-state index in [9.17, 15) is 0 Å². The van der Waals surface area contributed by atoms with Gasteiger partial charge in [0.15, 0.2) is 0 Å². The number of benzene rings is 1. The van der Waals surface area contributed by atoms with Crippen LogP contribution in [-0.4, -0.2) is 11.7 Å². The smallest absolute Gasteiger partial charge is 0.143 e. The van der Waals surface area contributed by atoms with E-state index in [-0.39, 0.29) is 5.60 Å². The molecule has 0 saturated heterocycles. The third-order valence-electron chi connectivity index (χ3n) is 2.22. The molecule has 1 aromatic carbocycles. The van der Waals surface area contributed by atoms with Gasteiger partial charge < -0.3 is 15.2 Å². The van der Waals surface area contributed by atoms with E-state index in [2.05, 4.69) is 0 Å². The molecule has 0 amide bonds. The minimum Gasteiger partial charge on any atom is -0.490 e. The lowest BCUT2D eigenvalue weighted by Gasteiger charge is -2.22. The number of hydrogen-bond donors (Lipinski definition) is 1. The van der Waals surface area contributed by atoms with Crippen molar-refractivity contribution in [3.05, 3.63) is 18.2 Å². The Kier molecular flexibility index (Phi) is 2.70. The van der Waals surface area contributed by atoms with Gasteiger partial charge in [0.05, 0.1) is 11.8 Å². The lowest BCUT2D eigenvalue weighted by atomic mass is 10.2. The Bertz CT molecular complexity index is 378. The van der Waals surface area contributed by atoms with Gasteiger partial charge in [-0.3, -0.25) is 0 Å². The molecule has 1 saturated carbocycles. The summed E-state index contributed by atoms with van der Waals surface area (Å²) in [5, 5.41) is 0. The highest BCUT2D eigenvalue weighted by molar-refractivity contribution is 5.56. The molecule has 3 heteroatoms. The zero-order valence-corrected chi connectivity index (χ0v) is 10.1. The molecule has 1 fully saturated rings. The average Bonchev–Trinajstić information content (AvgIpc) is 2.92. The van der Waals surface area contributed by atoms with Crippen LogP contribution in [0, 0.1) is 0 Å². The van der Waals surface area contributed by atoms with Crippen LogP contribution in [0.4, 0.5) is 5.69 Å². The van der Waals surface area contributed by atoms with Crippen LogP contribution in [0.1, 0.15) is 33.6 Å². The van der Waals surface area contributed by atoms with Gasteiger partial charge >= 0.3 is 0 Å². The Morgan fingerprint density at radius 1 is 1.25 bits per heavy atom. The van der Waals surface area contributed by atoms with Gasteiger partial charge in [-0.1, -0.05) is 0 Å². The molecule has 88 valence electrons. The fourth-order valence-electron chi connectivity index (χ4n) is 1.40. The van der Waals surface area contributed by atoms with Gasteiger partial charge in [-0.15, -0.1) is 0 Å². The van der Waals surface area contributed by atoms with Crippen LogP contribution in [0.15, 0.2) is 18.2 Å². The zero-order chi connectivity index (χ0) is 11.8. The summed E-state index contributed by atoms with van der Waals surface area (Å²) in [6.07, 6.45) is 2.70. The summed E-state index contributed by atoms with van der Waals surface area (Å²) in [5.74, 6) is 1.55. The van der Waals surface area contributed by atoms with Gasteiger partial charge in [-0.2, -0.15) is 0 Å². The van der Waals surface area contributed by atoms with E-state index >= 15 is 0 Å². The highest BCUT2D eigenvalue weighted by Gasteiger charge is 2.23. The average molecular weight is 221 g/mol. The van der Waals surface area contributed by atoms with Gasteiger partial charge in [-0.05, 0) is 45.7 Å². The van der Waals surface area contributed by atoms with Crippen molar-refractivity contribution < 1.29 is 9.47 Å². The van der Waals surface area contributed by atoms with Gasteiger partial charge in [0.2, 0.25) is 0 Å². The molecule has 2 N–H and O–H groups in total. The van der Waals surface area contributed by atoms with E-state index in [0.717, 1.165) is 24.3 Å². The van der Waals surface area contributed by atoms with E-state index < -0.39 is 0 Å². The molecular formula is C13H19NO2. The van der Waals surface area contributed by atoms with E-state index in [0.29, 0.717) is 11.8 Å². The second-order valence-electron chi connectivity index (χ2n) is 5.23. The number of nitrogens with two attached hydrogens (primary N) is 1. The lowest BCUT2D eigenvalue weighted by Crippen LogP contribution is -2.23. The number of rotatable bonds is 3. The van der Waals surface area contributed by atoms with Crippen LogP contribution in [0.2, 0.25) is 0 Å². The third kappa shape index (κ3) is 3.05. The molecule has 0 heterocycles. The summed E-state index contributed by atoms with van der Waals surface area (Å²) in [7, 11) is 0. The second kappa shape index (κ2) is 3.89. The molecular weight excluding hydrogens is 202 g/mol. The first-order chi connectivity index (χ1) is 7.44. The van der Waals surface area contributed by atoms with Crippen molar-refractivity contribution >= 4 is 5.69 Å². The van der Waals surface area contributed by atoms with Gasteiger partial charge in [-0.25, -0.2) is 0 Å². The second-order valence-corrected chi connectivity index (χ2v) is 5.23. The molecule has 0 aromatic heterocycles. The summed E-state index contributed by atoms with van der Waals surface area (Å²) in [6, 6.07) is 5.62. The molecule has 3 nitrogen and oxygen atoms in total. The molecule has 1 aliphatic rings. The fraction of sp³-hybridized carbons (Fsp3) is 0.538. The quantitative estimate of drug-likeness (QED) is 0.798. The molecule has 0 aliphatic heterocycles. The van der Waals surface area contributed by atoms with Crippen LogP contribution in [-0.2, 0) is 0 Å². The first-order valence-corrected chi connectivity index (χ1v) is 5.69. The SMILES string of the molecule is CC(C)(C)Oc1ccc(OC2CC2)cc1N. The predicted octanol–water partition coefficient (Wildman–Crippen LogP) is 2.99. The van der Waals surface area contributed by atoms with Crippen molar-refractivity contribution in [3.63, 3.8) is 0 Å². The molecule has 1 aliphatic carbocycles. The summed E-state index contributed by atoms with van der Waals surface area (Å²) in [5.41, 5.74) is 6.32. The standard InChI is InChI=1S/C13H19NO2/c1-13(2,3)16-12-7-6-10(8-11(12)14)15-9-4-5-9/h6-9H,4-5,14H2,1-3H3. The van der Waals surface area contributed by atoms with Gasteiger partial charge in [0, 0.05) is 6.07 Å². The van der Waals surface area contributed by atoms with Crippen LogP contribution in [0.3, 0.4) is 0 Å². The Hall–Kier alpha value is -1.38. The maximum atomic E-state index is 5.92. The van der Waals surface area contributed by atoms with Crippen molar-refractivity contribution in [1.29, 1.82) is 0 Å². The van der Waals surface area contributed by atoms with Crippen molar-refractivity contribution in [2.24, 2.45) is 0 Å². The predicted molar refractivity (Wildman–Crippen MR) is 64.9 cm³/mol. The molecule has 0 spiro atoms. The molecule has 16 heavy (non-hydrogen) atoms. The Morgan fingerprint density at radius 2 is 1.94 bits per heavy atom. The van der Waals surface area contributed by atoms with Gasteiger partial charge in [0.1, 0.15) is 17.1 Å². The molecule has 0 radical (unpaired) electrons. The van der Waals surface area contributed by atoms with Crippen molar-refractivity contribution in [1.82, 2.24) is 0 Å². The van der Waals surface area contributed by atoms with E-state index in [1.807, 2.05) is 39.0 Å². The summed E-state index contributed by atoms with van der Waals surface area (Å²) in [4.78, 5) is 0. The number of ether oxygens (including phenoxy) is 2. The van der Waals surface area contributed by atoms with Crippen LogP contribution < -0.4 is 15.2 Å². The van der Waals surface area contributed by atoms with E-state index in [4.69, 9.17) is 15.2 Å². The highest BCUT2D eigenvalue weighted by atomic mass is 16.5. The molecule has 0 atom stereocenters. The Balaban J connectivity index is 2.09. The monoisotopic (exact) mass is 221 g/mol. The third-order valence-corrected chi connectivity index (χ3v) is 2.22. The summed E-state index contributed by atoms with van der Waals surface area (Å²) in [6.45, 7) is 6.00. The Labute approximate surface area is 96.5 Å². The van der Waals surface area contributed by atoms with Crippen LogP contribution in [0.5, 0.6) is 11.5 Å². The molecule has 2 rings (SSSR count).